The Hall–Kier alpha value is -2.44. The molecule has 2 rings (SSSR count). The quantitative estimate of drug-likeness (QED) is 0.891. The smallest absolute Gasteiger partial charge is 0.387 e. The van der Waals surface area contributed by atoms with Crippen LogP contribution in [0.2, 0.25) is 0 Å². The van der Waals surface area contributed by atoms with Crippen LogP contribution < -0.4 is 10.1 Å². The van der Waals surface area contributed by atoms with Crippen molar-refractivity contribution in [2.24, 2.45) is 0 Å². The third kappa shape index (κ3) is 4.01. The van der Waals surface area contributed by atoms with Crippen LogP contribution >= 0.6 is 0 Å². The second kappa shape index (κ2) is 6.34. The van der Waals surface area contributed by atoms with Gasteiger partial charge in [0.15, 0.2) is 0 Å². The number of ether oxygens (including phenoxy) is 1. The second-order valence-corrected chi connectivity index (χ2v) is 4.70. The van der Waals surface area contributed by atoms with Crippen molar-refractivity contribution in [2.75, 3.05) is 0 Å². The fourth-order valence-electron chi connectivity index (χ4n) is 1.73. The Kier molecular flexibility index (Phi) is 4.52. The van der Waals surface area contributed by atoms with Gasteiger partial charge < -0.3 is 10.1 Å². The third-order valence-electron chi connectivity index (χ3n) is 2.62. The standard InChI is InChI=1S/C14H15F2N3O2/c1-8(2)17-13(20)12-7-11(18-19-12)9-3-5-10(6-4-9)21-14(15)16/h3-8,14H,1-2H3,(H,17,20)(H,18,19). The van der Waals surface area contributed by atoms with Gasteiger partial charge in [-0.05, 0) is 44.2 Å². The van der Waals surface area contributed by atoms with Crippen molar-refractivity contribution < 1.29 is 18.3 Å². The maximum atomic E-state index is 12.1. The molecule has 2 aromatic rings. The summed E-state index contributed by atoms with van der Waals surface area (Å²) in [6.45, 7) is 0.862. The van der Waals surface area contributed by atoms with Crippen molar-refractivity contribution >= 4 is 5.91 Å². The molecule has 1 aromatic carbocycles. The summed E-state index contributed by atoms with van der Waals surface area (Å²) in [5, 5.41) is 9.41. The lowest BCUT2D eigenvalue weighted by Gasteiger charge is -2.05. The van der Waals surface area contributed by atoms with Gasteiger partial charge in [-0.25, -0.2) is 0 Å². The number of H-pyrrole nitrogens is 1. The maximum absolute atomic E-state index is 12.1. The van der Waals surface area contributed by atoms with Crippen LogP contribution in [0.25, 0.3) is 11.3 Å². The van der Waals surface area contributed by atoms with E-state index in [1.54, 1.807) is 18.2 Å². The summed E-state index contributed by atoms with van der Waals surface area (Å²) in [5.41, 5.74) is 1.58. The van der Waals surface area contributed by atoms with Crippen molar-refractivity contribution in [1.29, 1.82) is 0 Å². The molecule has 1 aromatic heterocycles. The summed E-state index contributed by atoms with van der Waals surface area (Å²) in [4.78, 5) is 11.8. The Morgan fingerprint density at radius 2 is 1.95 bits per heavy atom. The first-order valence-electron chi connectivity index (χ1n) is 6.37. The Morgan fingerprint density at radius 1 is 1.29 bits per heavy atom. The van der Waals surface area contributed by atoms with Gasteiger partial charge in [-0.15, -0.1) is 0 Å². The van der Waals surface area contributed by atoms with E-state index in [1.807, 2.05) is 13.8 Å². The van der Waals surface area contributed by atoms with E-state index >= 15 is 0 Å². The number of amides is 1. The molecule has 5 nitrogen and oxygen atoms in total. The number of aromatic amines is 1. The maximum Gasteiger partial charge on any atom is 0.387 e. The number of halogens is 2. The number of hydrogen-bond donors (Lipinski definition) is 2. The molecule has 112 valence electrons. The first-order valence-corrected chi connectivity index (χ1v) is 6.37. The van der Waals surface area contributed by atoms with Crippen LogP contribution in [-0.2, 0) is 0 Å². The highest BCUT2D eigenvalue weighted by molar-refractivity contribution is 5.93. The Labute approximate surface area is 120 Å². The van der Waals surface area contributed by atoms with Gasteiger partial charge in [0.2, 0.25) is 0 Å². The molecule has 0 saturated carbocycles. The minimum atomic E-state index is -2.85. The van der Waals surface area contributed by atoms with Crippen molar-refractivity contribution in [3.63, 3.8) is 0 Å². The molecule has 0 saturated heterocycles. The van der Waals surface area contributed by atoms with E-state index in [9.17, 15) is 13.6 Å². The monoisotopic (exact) mass is 295 g/mol. The number of alkyl halides is 2. The molecule has 0 aliphatic heterocycles. The molecule has 1 amide bonds. The van der Waals surface area contributed by atoms with Crippen LogP contribution in [0.15, 0.2) is 30.3 Å². The summed E-state index contributed by atoms with van der Waals surface area (Å²) in [7, 11) is 0. The molecular formula is C14H15F2N3O2. The zero-order valence-electron chi connectivity index (χ0n) is 11.6. The number of nitrogens with zero attached hydrogens (tertiary/aromatic N) is 1. The summed E-state index contributed by atoms with van der Waals surface area (Å²) < 4.78 is 28.4. The van der Waals surface area contributed by atoms with Crippen LogP contribution in [-0.4, -0.2) is 28.8 Å². The SMILES string of the molecule is CC(C)NC(=O)c1cc(-c2ccc(OC(F)F)cc2)n[nH]1. The predicted octanol–water partition coefficient (Wildman–Crippen LogP) is 2.82. The van der Waals surface area contributed by atoms with Gasteiger partial charge in [0, 0.05) is 11.6 Å². The molecule has 0 bridgehead atoms. The molecule has 1 heterocycles. The molecule has 0 radical (unpaired) electrons. The van der Waals surface area contributed by atoms with Crippen molar-refractivity contribution in [1.82, 2.24) is 15.5 Å². The van der Waals surface area contributed by atoms with E-state index in [-0.39, 0.29) is 17.7 Å². The van der Waals surface area contributed by atoms with Gasteiger partial charge in [-0.1, -0.05) is 0 Å². The molecule has 0 fully saturated rings. The number of hydrogen-bond acceptors (Lipinski definition) is 3. The minimum absolute atomic E-state index is 0.0232. The fourth-order valence-corrected chi connectivity index (χ4v) is 1.73. The zero-order valence-corrected chi connectivity index (χ0v) is 11.6. The Balaban J connectivity index is 2.12. The number of rotatable bonds is 5. The minimum Gasteiger partial charge on any atom is -0.435 e. The summed E-state index contributed by atoms with van der Waals surface area (Å²) in [6, 6.07) is 7.65. The third-order valence-corrected chi connectivity index (χ3v) is 2.62. The number of carbonyl (C=O) groups is 1. The van der Waals surface area contributed by atoms with E-state index < -0.39 is 6.61 Å². The zero-order chi connectivity index (χ0) is 15.4. The summed E-state index contributed by atoms with van der Waals surface area (Å²) >= 11 is 0. The van der Waals surface area contributed by atoms with Crippen LogP contribution in [0.5, 0.6) is 5.75 Å². The van der Waals surface area contributed by atoms with Crippen molar-refractivity contribution in [3.8, 4) is 17.0 Å². The topological polar surface area (TPSA) is 67.0 Å². The number of nitrogens with one attached hydrogen (secondary N) is 2. The van der Waals surface area contributed by atoms with Gasteiger partial charge in [-0.3, -0.25) is 9.89 Å². The average molecular weight is 295 g/mol. The summed E-state index contributed by atoms with van der Waals surface area (Å²) in [6.07, 6.45) is 0. The van der Waals surface area contributed by atoms with Crippen molar-refractivity contribution in [2.45, 2.75) is 26.5 Å². The highest BCUT2D eigenvalue weighted by Crippen LogP contribution is 2.22. The number of benzene rings is 1. The molecule has 7 heteroatoms. The molecule has 0 aliphatic carbocycles. The van der Waals surface area contributed by atoms with Crippen LogP contribution in [0.3, 0.4) is 0 Å². The molecular weight excluding hydrogens is 280 g/mol. The van der Waals surface area contributed by atoms with Gasteiger partial charge in [0.05, 0.1) is 5.69 Å². The van der Waals surface area contributed by atoms with E-state index in [0.29, 0.717) is 17.0 Å². The van der Waals surface area contributed by atoms with Crippen LogP contribution in [0, 0.1) is 0 Å². The molecule has 2 N–H and O–H groups in total. The second-order valence-electron chi connectivity index (χ2n) is 4.70. The Bertz CT molecular complexity index is 609. The van der Waals surface area contributed by atoms with Gasteiger partial charge >= 0.3 is 6.61 Å². The van der Waals surface area contributed by atoms with E-state index in [2.05, 4.69) is 20.3 Å². The van der Waals surface area contributed by atoms with Gasteiger partial charge in [0.25, 0.3) is 5.91 Å². The van der Waals surface area contributed by atoms with E-state index in [1.165, 1.54) is 12.1 Å². The number of aromatic nitrogens is 2. The van der Waals surface area contributed by atoms with E-state index in [4.69, 9.17) is 0 Å². The van der Waals surface area contributed by atoms with Gasteiger partial charge in [0.1, 0.15) is 11.4 Å². The lowest BCUT2D eigenvalue weighted by Crippen LogP contribution is -2.30. The molecule has 0 aliphatic rings. The van der Waals surface area contributed by atoms with Crippen LogP contribution in [0.4, 0.5) is 8.78 Å². The molecule has 0 unspecified atom stereocenters. The first-order chi connectivity index (χ1) is 9.95. The lowest BCUT2D eigenvalue weighted by molar-refractivity contribution is -0.0498. The Morgan fingerprint density at radius 3 is 2.52 bits per heavy atom. The number of carbonyl (C=O) groups excluding carboxylic acids is 1. The predicted molar refractivity (Wildman–Crippen MR) is 73.3 cm³/mol. The van der Waals surface area contributed by atoms with Crippen molar-refractivity contribution in [3.05, 3.63) is 36.0 Å². The summed E-state index contributed by atoms with van der Waals surface area (Å²) in [5.74, 6) is -0.177. The van der Waals surface area contributed by atoms with E-state index in [0.717, 1.165) is 0 Å². The molecule has 21 heavy (non-hydrogen) atoms. The average Bonchev–Trinajstić information content (AvgIpc) is 2.87. The largest absolute Gasteiger partial charge is 0.435 e. The highest BCUT2D eigenvalue weighted by atomic mass is 19.3. The molecule has 0 spiro atoms. The lowest BCUT2D eigenvalue weighted by atomic mass is 10.1. The fraction of sp³-hybridized carbons (Fsp3) is 0.286. The van der Waals surface area contributed by atoms with Gasteiger partial charge in [-0.2, -0.15) is 13.9 Å². The normalized spacial score (nSPS) is 11.0. The molecule has 0 atom stereocenters. The first kappa shape index (κ1) is 15.0. The van der Waals surface area contributed by atoms with Crippen LogP contribution in [0.1, 0.15) is 24.3 Å². The highest BCUT2D eigenvalue weighted by Gasteiger charge is 2.12.